The Morgan fingerprint density at radius 1 is 1.56 bits per heavy atom. The van der Waals surface area contributed by atoms with E-state index in [1.54, 1.807) is 30.3 Å². The van der Waals surface area contributed by atoms with Crippen LogP contribution >= 0.6 is 0 Å². The second-order valence-electron chi connectivity index (χ2n) is 3.76. The van der Waals surface area contributed by atoms with Gasteiger partial charge in [-0.25, -0.2) is 4.98 Å². The van der Waals surface area contributed by atoms with Crippen LogP contribution in [0.5, 0.6) is 0 Å². The first kappa shape index (κ1) is 12.5. The predicted octanol–water partition coefficient (Wildman–Crippen LogP) is 2.00. The van der Waals surface area contributed by atoms with Crippen molar-refractivity contribution in [2.75, 3.05) is 26.0 Å². The summed E-state index contributed by atoms with van der Waals surface area (Å²) in [6.07, 6.45) is 3.77. The molecule has 1 aromatic heterocycles. The van der Waals surface area contributed by atoms with E-state index in [0.29, 0.717) is 5.56 Å². The molecule has 0 aliphatic carbocycles. The molecular weight excluding hydrogens is 202 g/mol. The second-order valence-corrected chi connectivity index (χ2v) is 3.76. The zero-order valence-corrected chi connectivity index (χ0v) is 10.2. The fourth-order valence-electron chi connectivity index (χ4n) is 1.42. The van der Waals surface area contributed by atoms with Crippen molar-refractivity contribution in [3.8, 4) is 0 Å². The van der Waals surface area contributed by atoms with E-state index in [0.717, 1.165) is 25.2 Å². The van der Waals surface area contributed by atoms with Crippen molar-refractivity contribution in [3.05, 3.63) is 23.9 Å². The number of carbonyl (C=O) groups is 1. The number of pyridine rings is 1. The molecule has 0 saturated heterocycles. The standard InChI is InChI=1S/C12H19N3O/c1-4-5-8-15(3)12(16)10-6-7-14-11(9-10)13-2/h6-7,9H,4-5,8H2,1-3H3,(H,13,14). The summed E-state index contributed by atoms with van der Waals surface area (Å²) in [6, 6.07) is 3.51. The molecular formula is C12H19N3O. The van der Waals surface area contributed by atoms with Gasteiger partial charge in [-0.1, -0.05) is 13.3 Å². The summed E-state index contributed by atoms with van der Waals surface area (Å²) >= 11 is 0. The first-order valence-corrected chi connectivity index (χ1v) is 5.58. The van der Waals surface area contributed by atoms with Gasteiger partial charge in [-0.3, -0.25) is 4.79 Å². The number of amides is 1. The maximum Gasteiger partial charge on any atom is 0.253 e. The fraction of sp³-hybridized carbons (Fsp3) is 0.500. The van der Waals surface area contributed by atoms with Gasteiger partial charge in [-0.2, -0.15) is 0 Å². The van der Waals surface area contributed by atoms with Crippen LogP contribution in [0.4, 0.5) is 5.82 Å². The topological polar surface area (TPSA) is 45.2 Å². The fourth-order valence-corrected chi connectivity index (χ4v) is 1.42. The lowest BCUT2D eigenvalue weighted by atomic mass is 10.2. The highest BCUT2D eigenvalue weighted by atomic mass is 16.2. The van der Waals surface area contributed by atoms with Crippen LogP contribution in [-0.4, -0.2) is 36.4 Å². The molecule has 0 aliphatic rings. The average Bonchev–Trinajstić information content (AvgIpc) is 2.35. The van der Waals surface area contributed by atoms with Crippen molar-refractivity contribution < 1.29 is 4.79 Å². The Hall–Kier alpha value is -1.58. The normalized spacial score (nSPS) is 9.94. The van der Waals surface area contributed by atoms with Crippen molar-refractivity contribution in [2.24, 2.45) is 0 Å². The van der Waals surface area contributed by atoms with Crippen molar-refractivity contribution in [1.82, 2.24) is 9.88 Å². The second kappa shape index (κ2) is 6.10. The quantitative estimate of drug-likeness (QED) is 0.827. The molecule has 0 unspecified atom stereocenters. The Morgan fingerprint density at radius 2 is 2.31 bits per heavy atom. The third-order valence-corrected chi connectivity index (χ3v) is 2.46. The smallest absolute Gasteiger partial charge is 0.253 e. The third kappa shape index (κ3) is 3.22. The van der Waals surface area contributed by atoms with Crippen LogP contribution in [-0.2, 0) is 0 Å². The summed E-state index contributed by atoms with van der Waals surface area (Å²) in [4.78, 5) is 17.8. The molecule has 1 N–H and O–H groups in total. The summed E-state index contributed by atoms with van der Waals surface area (Å²) in [6.45, 7) is 2.91. The number of nitrogens with zero attached hydrogens (tertiary/aromatic N) is 2. The molecule has 1 rings (SSSR count). The Balaban J connectivity index is 2.71. The molecule has 0 fully saturated rings. The van der Waals surface area contributed by atoms with Crippen LogP contribution in [0.3, 0.4) is 0 Å². The zero-order valence-electron chi connectivity index (χ0n) is 10.2. The van der Waals surface area contributed by atoms with Gasteiger partial charge in [-0.05, 0) is 18.6 Å². The summed E-state index contributed by atoms with van der Waals surface area (Å²) in [5, 5.41) is 2.92. The summed E-state index contributed by atoms with van der Waals surface area (Å²) in [7, 11) is 3.62. The molecule has 1 amide bonds. The summed E-state index contributed by atoms with van der Waals surface area (Å²) in [5.41, 5.74) is 0.679. The molecule has 0 atom stereocenters. The van der Waals surface area contributed by atoms with Gasteiger partial charge in [0.05, 0.1) is 0 Å². The van der Waals surface area contributed by atoms with Crippen LogP contribution in [0.1, 0.15) is 30.1 Å². The summed E-state index contributed by atoms with van der Waals surface area (Å²) in [5.74, 6) is 0.766. The molecule has 0 aromatic carbocycles. The number of carbonyl (C=O) groups excluding carboxylic acids is 1. The van der Waals surface area contributed by atoms with Crippen molar-refractivity contribution >= 4 is 11.7 Å². The van der Waals surface area contributed by atoms with Gasteiger partial charge >= 0.3 is 0 Å². The molecule has 0 radical (unpaired) electrons. The lowest BCUT2D eigenvalue weighted by molar-refractivity contribution is 0.0793. The van der Waals surface area contributed by atoms with Crippen molar-refractivity contribution in [2.45, 2.75) is 19.8 Å². The number of anilines is 1. The maximum atomic E-state index is 12.0. The Labute approximate surface area is 96.7 Å². The number of hydrogen-bond acceptors (Lipinski definition) is 3. The largest absolute Gasteiger partial charge is 0.373 e. The number of unbranched alkanes of at least 4 members (excludes halogenated alkanes) is 1. The molecule has 0 saturated carbocycles. The van der Waals surface area contributed by atoms with Gasteiger partial charge in [-0.15, -0.1) is 0 Å². The van der Waals surface area contributed by atoms with E-state index < -0.39 is 0 Å². The van der Waals surface area contributed by atoms with Crippen LogP contribution in [0.15, 0.2) is 18.3 Å². The Morgan fingerprint density at radius 3 is 2.94 bits per heavy atom. The molecule has 0 bridgehead atoms. The van der Waals surface area contributed by atoms with Crippen molar-refractivity contribution in [3.63, 3.8) is 0 Å². The van der Waals surface area contributed by atoms with E-state index in [1.807, 2.05) is 7.05 Å². The molecule has 88 valence electrons. The first-order chi connectivity index (χ1) is 7.69. The average molecular weight is 221 g/mol. The van der Waals surface area contributed by atoms with Gasteiger partial charge in [0, 0.05) is 32.4 Å². The van der Waals surface area contributed by atoms with E-state index in [-0.39, 0.29) is 5.91 Å². The summed E-state index contributed by atoms with van der Waals surface area (Å²) < 4.78 is 0. The van der Waals surface area contributed by atoms with E-state index in [4.69, 9.17) is 0 Å². The minimum absolute atomic E-state index is 0.0485. The van der Waals surface area contributed by atoms with Gasteiger partial charge in [0.15, 0.2) is 0 Å². The number of aromatic nitrogens is 1. The molecule has 0 aliphatic heterocycles. The van der Waals surface area contributed by atoms with Crippen molar-refractivity contribution in [1.29, 1.82) is 0 Å². The highest BCUT2D eigenvalue weighted by Crippen LogP contribution is 2.08. The van der Waals surface area contributed by atoms with E-state index >= 15 is 0 Å². The monoisotopic (exact) mass is 221 g/mol. The van der Waals surface area contributed by atoms with Crippen LogP contribution in [0, 0.1) is 0 Å². The number of rotatable bonds is 5. The van der Waals surface area contributed by atoms with Crippen LogP contribution in [0.2, 0.25) is 0 Å². The maximum absolute atomic E-state index is 12.0. The molecule has 1 heterocycles. The zero-order chi connectivity index (χ0) is 12.0. The van der Waals surface area contributed by atoms with E-state index in [9.17, 15) is 4.79 Å². The Bertz CT molecular complexity index is 352. The first-order valence-electron chi connectivity index (χ1n) is 5.58. The number of hydrogen-bond donors (Lipinski definition) is 1. The molecule has 4 nitrogen and oxygen atoms in total. The molecule has 1 aromatic rings. The predicted molar refractivity (Wildman–Crippen MR) is 65.7 cm³/mol. The van der Waals surface area contributed by atoms with E-state index in [1.165, 1.54) is 0 Å². The highest BCUT2D eigenvalue weighted by molar-refractivity contribution is 5.94. The van der Waals surface area contributed by atoms with Crippen LogP contribution in [0.25, 0.3) is 0 Å². The minimum atomic E-state index is 0.0485. The van der Waals surface area contributed by atoms with Gasteiger partial charge in [0.2, 0.25) is 0 Å². The molecule has 0 spiro atoms. The highest BCUT2D eigenvalue weighted by Gasteiger charge is 2.11. The molecule has 4 heteroatoms. The Kier molecular flexibility index (Phi) is 4.76. The third-order valence-electron chi connectivity index (χ3n) is 2.46. The van der Waals surface area contributed by atoms with Gasteiger partial charge < -0.3 is 10.2 Å². The minimum Gasteiger partial charge on any atom is -0.373 e. The van der Waals surface area contributed by atoms with E-state index in [2.05, 4.69) is 17.2 Å². The van der Waals surface area contributed by atoms with Crippen LogP contribution < -0.4 is 5.32 Å². The van der Waals surface area contributed by atoms with Gasteiger partial charge in [0.1, 0.15) is 5.82 Å². The lowest BCUT2D eigenvalue weighted by Crippen LogP contribution is -2.27. The lowest BCUT2D eigenvalue weighted by Gasteiger charge is -2.16. The number of nitrogens with one attached hydrogen (secondary N) is 1. The van der Waals surface area contributed by atoms with Gasteiger partial charge in [0.25, 0.3) is 5.91 Å². The molecule has 16 heavy (non-hydrogen) atoms. The SMILES string of the molecule is CCCCN(C)C(=O)c1ccnc(NC)c1.